The van der Waals surface area contributed by atoms with Gasteiger partial charge in [0, 0.05) is 7.11 Å². The van der Waals surface area contributed by atoms with E-state index in [0.29, 0.717) is 15.9 Å². The second-order valence-electron chi connectivity index (χ2n) is 3.40. The van der Waals surface area contributed by atoms with Crippen LogP contribution in [-0.4, -0.2) is 17.1 Å². The number of rotatable bonds is 3. The van der Waals surface area contributed by atoms with E-state index in [9.17, 15) is 0 Å². The SMILES string of the molecule is COC(c1ccccc1)c1c(Cl)ncnc1Cl. The Bertz CT molecular complexity index is 485. The zero-order chi connectivity index (χ0) is 12.3. The van der Waals surface area contributed by atoms with E-state index in [0.717, 1.165) is 5.56 Å². The fraction of sp³-hybridized carbons (Fsp3) is 0.167. The highest BCUT2D eigenvalue weighted by molar-refractivity contribution is 6.34. The predicted molar refractivity (Wildman–Crippen MR) is 67.3 cm³/mol. The lowest BCUT2D eigenvalue weighted by atomic mass is 10.0. The van der Waals surface area contributed by atoms with Crippen molar-refractivity contribution in [2.24, 2.45) is 0 Å². The molecule has 0 radical (unpaired) electrons. The van der Waals surface area contributed by atoms with Crippen molar-refractivity contribution in [1.29, 1.82) is 0 Å². The van der Waals surface area contributed by atoms with Crippen LogP contribution < -0.4 is 0 Å². The van der Waals surface area contributed by atoms with Crippen LogP contribution in [0.3, 0.4) is 0 Å². The van der Waals surface area contributed by atoms with Crippen molar-refractivity contribution in [3.05, 3.63) is 58.1 Å². The molecule has 0 bridgehead atoms. The van der Waals surface area contributed by atoms with Crippen LogP contribution in [0.1, 0.15) is 17.2 Å². The van der Waals surface area contributed by atoms with Crippen LogP contribution in [0.2, 0.25) is 10.3 Å². The third-order valence-electron chi connectivity index (χ3n) is 2.39. The van der Waals surface area contributed by atoms with Crippen molar-refractivity contribution < 1.29 is 4.74 Å². The summed E-state index contributed by atoms with van der Waals surface area (Å²) in [5, 5.41) is 0.612. The lowest BCUT2D eigenvalue weighted by Gasteiger charge is -2.17. The number of hydrogen-bond acceptors (Lipinski definition) is 3. The van der Waals surface area contributed by atoms with Crippen molar-refractivity contribution in [1.82, 2.24) is 9.97 Å². The van der Waals surface area contributed by atoms with Gasteiger partial charge in [0.25, 0.3) is 0 Å². The number of hydrogen-bond donors (Lipinski definition) is 0. The maximum absolute atomic E-state index is 6.04. The molecule has 1 aromatic carbocycles. The monoisotopic (exact) mass is 268 g/mol. The van der Waals surface area contributed by atoms with Gasteiger partial charge in [-0.1, -0.05) is 53.5 Å². The van der Waals surface area contributed by atoms with E-state index in [1.165, 1.54) is 6.33 Å². The van der Waals surface area contributed by atoms with Crippen molar-refractivity contribution >= 4 is 23.2 Å². The second kappa shape index (κ2) is 5.45. The fourth-order valence-corrected chi connectivity index (χ4v) is 2.13. The largest absolute Gasteiger partial charge is 0.372 e. The molecular formula is C12H10Cl2N2O. The first-order chi connectivity index (χ1) is 8.24. The van der Waals surface area contributed by atoms with Gasteiger partial charge in [0.1, 0.15) is 22.7 Å². The smallest absolute Gasteiger partial charge is 0.140 e. The zero-order valence-electron chi connectivity index (χ0n) is 9.10. The van der Waals surface area contributed by atoms with Crippen molar-refractivity contribution in [3.8, 4) is 0 Å². The molecule has 17 heavy (non-hydrogen) atoms. The number of ether oxygens (including phenoxy) is 1. The Hall–Kier alpha value is -1.16. The molecule has 88 valence electrons. The topological polar surface area (TPSA) is 35.0 Å². The zero-order valence-corrected chi connectivity index (χ0v) is 10.6. The van der Waals surface area contributed by atoms with Gasteiger partial charge in [-0.25, -0.2) is 9.97 Å². The normalized spacial score (nSPS) is 12.4. The summed E-state index contributed by atoms with van der Waals surface area (Å²) in [5.74, 6) is 0. The molecule has 1 unspecified atom stereocenters. The molecule has 0 N–H and O–H groups in total. The van der Waals surface area contributed by atoms with Crippen molar-refractivity contribution in [2.45, 2.75) is 6.10 Å². The minimum atomic E-state index is -0.364. The van der Waals surface area contributed by atoms with Crippen molar-refractivity contribution in [3.63, 3.8) is 0 Å². The highest BCUT2D eigenvalue weighted by Gasteiger charge is 2.21. The standard InChI is InChI=1S/C12H10Cl2N2O/c1-17-10(8-5-3-2-4-6-8)9-11(13)15-7-16-12(9)14/h2-7,10H,1H3. The summed E-state index contributed by atoms with van der Waals surface area (Å²) >= 11 is 12.1. The van der Waals surface area contributed by atoms with Crippen LogP contribution in [-0.2, 0) is 4.74 Å². The van der Waals surface area contributed by atoms with Gasteiger partial charge in [0.2, 0.25) is 0 Å². The van der Waals surface area contributed by atoms with Gasteiger partial charge in [-0.2, -0.15) is 0 Å². The average Bonchev–Trinajstić information content (AvgIpc) is 2.35. The number of halogens is 2. The Morgan fingerprint density at radius 3 is 2.18 bits per heavy atom. The van der Waals surface area contributed by atoms with E-state index < -0.39 is 0 Å². The number of aromatic nitrogens is 2. The van der Waals surface area contributed by atoms with Crippen LogP contribution in [0.5, 0.6) is 0 Å². The maximum Gasteiger partial charge on any atom is 0.140 e. The average molecular weight is 269 g/mol. The Morgan fingerprint density at radius 1 is 1.06 bits per heavy atom. The third kappa shape index (κ3) is 2.57. The summed E-state index contributed by atoms with van der Waals surface area (Å²) in [4.78, 5) is 7.85. The van der Waals surface area contributed by atoms with Crippen LogP contribution in [0.15, 0.2) is 36.7 Å². The molecular weight excluding hydrogens is 259 g/mol. The van der Waals surface area contributed by atoms with Gasteiger partial charge in [0.05, 0.1) is 5.56 Å². The van der Waals surface area contributed by atoms with E-state index in [4.69, 9.17) is 27.9 Å². The van der Waals surface area contributed by atoms with E-state index in [1.807, 2.05) is 30.3 Å². The van der Waals surface area contributed by atoms with E-state index >= 15 is 0 Å². The first-order valence-corrected chi connectivity index (χ1v) is 5.73. The minimum Gasteiger partial charge on any atom is -0.372 e. The maximum atomic E-state index is 6.04. The highest BCUT2D eigenvalue weighted by Crippen LogP contribution is 2.33. The number of methoxy groups -OCH3 is 1. The summed E-state index contributed by atoms with van der Waals surface area (Å²) in [6.45, 7) is 0. The summed E-state index contributed by atoms with van der Waals surface area (Å²) in [7, 11) is 1.59. The van der Waals surface area contributed by atoms with Gasteiger partial charge in [-0.3, -0.25) is 0 Å². The van der Waals surface area contributed by atoms with Crippen LogP contribution in [0.25, 0.3) is 0 Å². The molecule has 0 aliphatic heterocycles. The summed E-state index contributed by atoms with van der Waals surface area (Å²) in [5.41, 5.74) is 1.54. The fourth-order valence-electron chi connectivity index (χ4n) is 1.62. The molecule has 1 heterocycles. The molecule has 3 nitrogen and oxygen atoms in total. The molecule has 0 aliphatic rings. The number of nitrogens with zero attached hydrogens (tertiary/aromatic N) is 2. The van der Waals surface area contributed by atoms with Crippen molar-refractivity contribution in [2.75, 3.05) is 7.11 Å². The molecule has 1 aromatic heterocycles. The first-order valence-electron chi connectivity index (χ1n) is 4.97. The Kier molecular flexibility index (Phi) is 3.94. The van der Waals surface area contributed by atoms with Gasteiger partial charge in [-0.15, -0.1) is 0 Å². The Balaban J connectivity index is 2.50. The first kappa shape index (κ1) is 12.3. The van der Waals surface area contributed by atoms with Crippen LogP contribution in [0, 0.1) is 0 Å². The molecule has 0 amide bonds. The van der Waals surface area contributed by atoms with Gasteiger partial charge < -0.3 is 4.74 Å². The molecule has 0 saturated heterocycles. The van der Waals surface area contributed by atoms with E-state index in [-0.39, 0.29) is 6.10 Å². The molecule has 0 spiro atoms. The molecule has 2 rings (SSSR count). The summed E-state index contributed by atoms with van der Waals surface area (Å²) in [6.07, 6.45) is 0.962. The highest BCUT2D eigenvalue weighted by atomic mass is 35.5. The van der Waals surface area contributed by atoms with Crippen LogP contribution in [0.4, 0.5) is 0 Å². The second-order valence-corrected chi connectivity index (χ2v) is 4.11. The lowest BCUT2D eigenvalue weighted by Crippen LogP contribution is -2.06. The molecule has 1 atom stereocenters. The summed E-state index contributed by atoms with van der Waals surface area (Å²) in [6, 6.07) is 9.66. The summed E-state index contributed by atoms with van der Waals surface area (Å²) < 4.78 is 5.44. The molecule has 5 heteroatoms. The van der Waals surface area contributed by atoms with Crippen LogP contribution >= 0.6 is 23.2 Å². The molecule has 0 saturated carbocycles. The van der Waals surface area contributed by atoms with Gasteiger partial charge >= 0.3 is 0 Å². The molecule has 0 fully saturated rings. The number of benzene rings is 1. The predicted octanol–water partition coefficient (Wildman–Crippen LogP) is 3.52. The lowest BCUT2D eigenvalue weighted by molar-refractivity contribution is 0.136. The quantitative estimate of drug-likeness (QED) is 0.799. The Labute approximate surface area is 109 Å². The third-order valence-corrected chi connectivity index (χ3v) is 2.99. The Morgan fingerprint density at radius 2 is 1.65 bits per heavy atom. The minimum absolute atomic E-state index is 0.306. The molecule has 0 aliphatic carbocycles. The molecule has 2 aromatic rings. The van der Waals surface area contributed by atoms with Gasteiger partial charge in [0.15, 0.2) is 0 Å². The van der Waals surface area contributed by atoms with E-state index in [2.05, 4.69) is 9.97 Å². The van der Waals surface area contributed by atoms with E-state index in [1.54, 1.807) is 7.11 Å². The van der Waals surface area contributed by atoms with Gasteiger partial charge in [-0.05, 0) is 5.56 Å².